The zero-order chi connectivity index (χ0) is 28.3. The Morgan fingerprint density at radius 1 is 0.825 bits per heavy atom. The highest BCUT2D eigenvalue weighted by atomic mass is 32.2. The average Bonchev–Trinajstić information content (AvgIpc) is 3.31. The van der Waals surface area contributed by atoms with Crippen LogP contribution in [0.1, 0.15) is 26.3 Å². The zero-order valence-electron chi connectivity index (χ0n) is 22.7. The topological polar surface area (TPSA) is 91.6 Å². The van der Waals surface area contributed by atoms with E-state index < -0.39 is 23.6 Å². The molecule has 0 aliphatic rings. The second kappa shape index (κ2) is 11.5. The number of carbonyl (C=O) groups is 2. The van der Waals surface area contributed by atoms with Crippen molar-refractivity contribution in [3.63, 3.8) is 0 Å². The molecule has 5 rings (SSSR count). The predicted octanol–water partition coefficient (Wildman–Crippen LogP) is 7.70. The monoisotopic (exact) mass is 552 g/mol. The number of nitrogens with one attached hydrogen (secondary N) is 2. The molecule has 0 radical (unpaired) electrons. The van der Waals surface area contributed by atoms with Gasteiger partial charge in [0.05, 0.1) is 0 Å². The van der Waals surface area contributed by atoms with Crippen LogP contribution < -0.4 is 10.6 Å². The smallest absolute Gasteiger partial charge is 0.327 e. The fourth-order valence-electron chi connectivity index (χ4n) is 4.61. The molecule has 0 aliphatic carbocycles. The first-order valence-electron chi connectivity index (χ1n) is 13.2. The largest absolute Gasteiger partial charge is 0.480 e. The van der Waals surface area contributed by atoms with Crippen LogP contribution in [0.4, 0.5) is 4.79 Å². The number of urea groups is 1. The highest BCUT2D eigenvalue weighted by molar-refractivity contribution is 7.98. The lowest BCUT2D eigenvalue weighted by Gasteiger charge is -2.22. The highest BCUT2D eigenvalue weighted by Crippen LogP contribution is 2.36. The fourth-order valence-corrected chi connectivity index (χ4v) is 5.62. The second-order valence-electron chi connectivity index (χ2n) is 10.8. The van der Waals surface area contributed by atoms with Crippen molar-refractivity contribution in [1.29, 1.82) is 0 Å². The highest BCUT2D eigenvalue weighted by Gasteiger charge is 2.22. The van der Waals surface area contributed by atoms with Crippen LogP contribution in [0.15, 0.2) is 95.4 Å². The Bertz CT molecular complexity index is 1650. The van der Waals surface area contributed by atoms with Crippen molar-refractivity contribution in [2.75, 3.05) is 5.75 Å². The minimum atomic E-state index is -1.05. The molecule has 0 aliphatic heterocycles. The van der Waals surface area contributed by atoms with E-state index in [1.54, 1.807) is 0 Å². The first-order valence-corrected chi connectivity index (χ1v) is 14.3. The Morgan fingerprint density at radius 3 is 2.12 bits per heavy atom. The van der Waals surface area contributed by atoms with Gasteiger partial charge in [-0.05, 0) is 49.1 Å². The molecule has 0 saturated carbocycles. The molecule has 7 heteroatoms. The fraction of sp³-hybridized carbons (Fsp3) is 0.212. The molecule has 3 N–H and O–H groups in total. The molecule has 40 heavy (non-hydrogen) atoms. The molecule has 1 heterocycles. The Hall–Kier alpha value is -4.23. The summed E-state index contributed by atoms with van der Waals surface area (Å²) in [6.07, 6.45) is 0. The van der Waals surface area contributed by atoms with Gasteiger partial charge in [-0.15, -0.1) is 0 Å². The molecule has 2 amide bonds. The van der Waals surface area contributed by atoms with E-state index in [1.165, 1.54) is 11.8 Å². The number of fused-ring (bicyclic) bond motifs is 3. The van der Waals surface area contributed by atoms with Gasteiger partial charge in [0.15, 0.2) is 0 Å². The lowest BCUT2D eigenvalue weighted by atomic mass is 9.98. The van der Waals surface area contributed by atoms with Gasteiger partial charge in [-0.1, -0.05) is 84.9 Å². The Kier molecular flexibility index (Phi) is 7.85. The summed E-state index contributed by atoms with van der Waals surface area (Å²) >= 11 is 1.47. The summed E-state index contributed by atoms with van der Waals surface area (Å²) in [6, 6.07) is 29.7. The van der Waals surface area contributed by atoms with Crippen LogP contribution in [0, 0.1) is 0 Å². The summed E-state index contributed by atoms with van der Waals surface area (Å²) in [4.78, 5) is 23.7. The van der Waals surface area contributed by atoms with Gasteiger partial charge in [-0.2, -0.15) is 11.8 Å². The molecule has 1 unspecified atom stereocenters. The maximum absolute atomic E-state index is 12.1. The van der Waals surface area contributed by atoms with Crippen molar-refractivity contribution in [3.8, 4) is 22.3 Å². The predicted molar refractivity (Wildman–Crippen MR) is 164 cm³/mol. The van der Waals surface area contributed by atoms with Gasteiger partial charge in [0.1, 0.15) is 17.2 Å². The maximum Gasteiger partial charge on any atom is 0.327 e. The van der Waals surface area contributed by atoms with Crippen LogP contribution in [-0.4, -0.2) is 34.4 Å². The van der Waals surface area contributed by atoms with E-state index in [9.17, 15) is 14.7 Å². The maximum atomic E-state index is 12.1. The number of carbonyl (C=O) groups excluding carboxylic acids is 1. The van der Waals surface area contributed by atoms with Crippen molar-refractivity contribution >= 4 is 45.7 Å². The first-order chi connectivity index (χ1) is 19.2. The molecule has 204 valence electrons. The van der Waals surface area contributed by atoms with E-state index in [0.29, 0.717) is 5.75 Å². The van der Waals surface area contributed by atoms with E-state index in [4.69, 9.17) is 4.42 Å². The Balaban J connectivity index is 1.22. The van der Waals surface area contributed by atoms with Crippen LogP contribution in [-0.2, 0) is 10.5 Å². The number of thioether (sulfide) groups is 1. The van der Waals surface area contributed by atoms with Gasteiger partial charge in [-0.25, -0.2) is 9.59 Å². The molecule has 0 saturated heterocycles. The zero-order valence-corrected chi connectivity index (χ0v) is 23.5. The van der Waals surface area contributed by atoms with Crippen molar-refractivity contribution in [1.82, 2.24) is 10.6 Å². The third-order valence-electron chi connectivity index (χ3n) is 6.53. The van der Waals surface area contributed by atoms with Crippen LogP contribution >= 0.6 is 11.8 Å². The van der Waals surface area contributed by atoms with E-state index >= 15 is 0 Å². The van der Waals surface area contributed by atoms with Crippen molar-refractivity contribution in [2.24, 2.45) is 0 Å². The van der Waals surface area contributed by atoms with Crippen molar-refractivity contribution < 1.29 is 19.1 Å². The minimum Gasteiger partial charge on any atom is -0.480 e. The molecule has 5 aromatic rings. The summed E-state index contributed by atoms with van der Waals surface area (Å²) in [5.41, 5.74) is 6.81. The van der Waals surface area contributed by atoms with Gasteiger partial charge in [0, 0.05) is 33.4 Å². The first kappa shape index (κ1) is 27.3. The number of rotatable bonds is 8. The number of amides is 2. The van der Waals surface area contributed by atoms with E-state index in [2.05, 4.69) is 83.4 Å². The van der Waals surface area contributed by atoms with Crippen LogP contribution in [0.5, 0.6) is 0 Å². The van der Waals surface area contributed by atoms with Gasteiger partial charge < -0.3 is 20.2 Å². The molecule has 0 fully saturated rings. The molecule has 4 aromatic carbocycles. The molecule has 0 spiro atoms. The van der Waals surface area contributed by atoms with Gasteiger partial charge >= 0.3 is 12.0 Å². The number of aliphatic carboxylic acids is 1. The summed E-state index contributed by atoms with van der Waals surface area (Å²) in [7, 11) is 0. The number of carboxylic acids is 1. The Morgan fingerprint density at radius 2 is 1.45 bits per heavy atom. The number of furan rings is 1. The van der Waals surface area contributed by atoms with Crippen LogP contribution in [0.2, 0.25) is 0 Å². The summed E-state index contributed by atoms with van der Waals surface area (Å²) in [5.74, 6) is -0.131. The van der Waals surface area contributed by atoms with E-state index in [-0.39, 0.29) is 5.75 Å². The summed E-state index contributed by atoms with van der Waals surface area (Å²) in [6.45, 7) is 5.54. The van der Waals surface area contributed by atoms with Gasteiger partial charge in [0.2, 0.25) is 0 Å². The standard InChI is InChI=1S/C33H32N2O4S/c1-33(2,3)35-32(38)34-28(31(36)37)20-40-19-21-11-13-22(14-12-21)23-15-17-24(18-16-23)25-8-6-9-27-26-7-4-5-10-29(26)39-30(25)27/h4-18,28H,19-20H2,1-3H3,(H,36,37)(H2,34,35,38). The average molecular weight is 553 g/mol. The van der Waals surface area contributed by atoms with Gasteiger partial charge in [-0.3, -0.25) is 0 Å². The van der Waals surface area contributed by atoms with Gasteiger partial charge in [0.25, 0.3) is 0 Å². The SMILES string of the molecule is CC(C)(C)NC(=O)NC(CSCc1ccc(-c2ccc(-c3cccc4c3oc3ccccc34)cc2)cc1)C(=O)O. The van der Waals surface area contributed by atoms with Crippen LogP contribution in [0.25, 0.3) is 44.2 Å². The lowest BCUT2D eigenvalue weighted by molar-refractivity contribution is -0.138. The molecule has 1 atom stereocenters. The van der Waals surface area contributed by atoms with E-state index in [1.807, 2.05) is 39.0 Å². The third-order valence-corrected chi connectivity index (χ3v) is 7.64. The molecule has 6 nitrogen and oxygen atoms in total. The normalized spacial score (nSPS) is 12.4. The molecule has 0 bridgehead atoms. The van der Waals surface area contributed by atoms with Crippen molar-refractivity contribution in [3.05, 3.63) is 96.6 Å². The molecular weight excluding hydrogens is 520 g/mol. The number of benzene rings is 4. The van der Waals surface area contributed by atoms with E-state index in [0.717, 1.165) is 49.8 Å². The molecular formula is C33H32N2O4S. The Labute approximate surface area is 237 Å². The van der Waals surface area contributed by atoms with Crippen LogP contribution in [0.3, 0.4) is 0 Å². The minimum absolute atomic E-state index is 0.272. The summed E-state index contributed by atoms with van der Waals surface area (Å²) < 4.78 is 6.21. The third kappa shape index (κ3) is 6.32. The number of carboxylic acid groups (broad SMARTS) is 1. The lowest BCUT2D eigenvalue weighted by Crippen LogP contribution is -2.52. The number of hydrogen-bond donors (Lipinski definition) is 3. The summed E-state index contributed by atoms with van der Waals surface area (Å²) in [5, 5.41) is 17.0. The number of para-hydroxylation sites is 2. The van der Waals surface area contributed by atoms with Crippen molar-refractivity contribution in [2.45, 2.75) is 38.1 Å². The molecule has 1 aromatic heterocycles. The quantitative estimate of drug-likeness (QED) is 0.183. The number of hydrogen-bond acceptors (Lipinski definition) is 4. The second-order valence-corrected chi connectivity index (χ2v) is 11.8.